The third-order valence-corrected chi connectivity index (χ3v) is 2.92. The molecule has 2 nitrogen and oxygen atoms in total. The number of hydrogen-bond donors (Lipinski definition) is 0. The zero-order valence-electron chi connectivity index (χ0n) is 9.75. The van der Waals surface area contributed by atoms with E-state index in [4.69, 9.17) is 0 Å². The molecule has 0 fully saturated rings. The maximum atomic E-state index is 2.36. The van der Waals surface area contributed by atoms with Gasteiger partial charge in [-0.2, -0.15) is 0 Å². The van der Waals surface area contributed by atoms with Gasteiger partial charge in [-0.05, 0) is 33.2 Å². The molecular weight excluding hydrogens is 176 g/mol. The maximum Gasteiger partial charge on any atom is 0.0809 e. The van der Waals surface area contributed by atoms with Crippen molar-refractivity contribution in [3.63, 3.8) is 0 Å². The van der Waals surface area contributed by atoms with Crippen LogP contribution in [0.2, 0.25) is 6.04 Å². The lowest BCUT2D eigenvalue weighted by Gasteiger charge is -2.31. The van der Waals surface area contributed by atoms with E-state index in [1.165, 1.54) is 16.3 Å². The van der Waals surface area contributed by atoms with Crippen molar-refractivity contribution >= 4 is 10.2 Å². The van der Waals surface area contributed by atoms with E-state index in [-0.39, 0.29) is 0 Å². The molecule has 0 aliphatic carbocycles. The van der Waals surface area contributed by atoms with Gasteiger partial charge in [0.25, 0.3) is 0 Å². The highest BCUT2D eigenvalue weighted by Gasteiger charge is 2.12. The van der Waals surface area contributed by atoms with Gasteiger partial charge in [-0.15, -0.1) is 0 Å². The number of rotatable bonds is 6. The summed E-state index contributed by atoms with van der Waals surface area (Å²) >= 11 is 0. The number of hydrogen-bond acceptors (Lipinski definition) is 2. The molecule has 0 saturated carbocycles. The van der Waals surface area contributed by atoms with Crippen LogP contribution < -0.4 is 0 Å². The van der Waals surface area contributed by atoms with Crippen LogP contribution in [0.4, 0.5) is 0 Å². The SMILES string of the molecule is CCN(C)C(C=CC[SiH3])N(C)CC. The zero-order chi connectivity index (χ0) is 10.3. The maximum absolute atomic E-state index is 2.36. The van der Waals surface area contributed by atoms with Crippen LogP contribution in [0.25, 0.3) is 0 Å². The highest BCUT2D eigenvalue weighted by Crippen LogP contribution is 2.03. The van der Waals surface area contributed by atoms with Gasteiger partial charge < -0.3 is 0 Å². The van der Waals surface area contributed by atoms with Gasteiger partial charge >= 0.3 is 0 Å². The topological polar surface area (TPSA) is 6.48 Å². The van der Waals surface area contributed by atoms with Crippen LogP contribution in [0.5, 0.6) is 0 Å². The zero-order valence-corrected chi connectivity index (χ0v) is 11.7. The summed E-state index contributed by atoms with van der Waals surface area (Å²) < 4.78 is 0. The van der Waals surface area contributed by atoms with Gasteiger partial charge in [0.2, 0.25) is 0 Å². The molecule has 13 heavy (non-hydrogen) atoms. The minimum atomic E-state index is 0.476. The summed E-state index contributed by atoms with van der Waals surface area (Å²) in [6, 6.07) is 1.26. The largest absolute Gasteiger partial charge is 0.288 e. The summed E-state index contributed by atoms with van der Waals surface area (Å²) in [7, 11) is 5.62. The van der Waals surface area contributed by atoms with Crippen molar-refractivity contribution in [2.45, 2.75) is 26.1 Å². The molecule has 0 saturated heterocycles. The fourth-order valence-electron chi connectivity index (χ4n) is 1.26. The Labute approximate surface area is 86.0 Å². The van der Waals surface area contributed by atoms with Crippen LogP contribution >= 0.6 is 0 Å². The van der Waals surface area contributed by atoms with Crippen LogP contribution in [-0.4, -0.2) is 53.4 Å². The lowest BCUT2D eigenvalue weighted by atomic mass is 10.3. The molecule has 0 aliphatic heterocycles. The Morgan fingerprint density at radius 2 is 1.62 bits per heavy atom. The van der Waals surface area contributed by atoms with E-state index in [0.29, 0.717) is 6.17 Å². The van der Waals surface area contributed by atoms with Crippen molar-refractivity contribution < 1.29 is 0 Å². The van der Waals surface area contributed by atoms with E-state index in [1.807, 2.05) is 0 Å². The van der Waals surface area contributed by atoms with Gasteiger partial charge in [0, 0.05) is 10.2 Å². The van der Waals surface area contributed by atoms with Crippen molar-refractivity contribution in [1.82, 2.24) is 9.80 Å². The van der Waals surface area contributed by atoms with E-state index in [9.17, 15) is 0 Å². The Balaban J connectivity index is 4.26. The third kappa shape index (κ3) is 4.60. The van der Waals surface area contributed by atoms with E-state index in [2.05, 4.69) is 49.9 Å². The lowest BCUT2D eigenvalue weighted by Crippen LogP contribution is -2.43. The minimum Gasteiger partial charge on any atom is -0.288 e. The quantitative estimate of drug-likeness (QED) is 0.351. The molecule has 0 amide bonds. The van der Waals surface area contributed by atoms with Crippen LogP contribution in [0.3, 0.4) is 0 Å². The molecule has 0 aromatic carbocycles. The Hall–Kier alpha value is -0.123. The Bertz CT molecular complexity index is 138. The molecule has 0 bridgehead atoms. The Morgan fingerprint density at radius 1 is 1.15 bits per heavy atom. The molecule has 0 spiro atoms. The number of nitrogens with zero attached hydrogens (tertiary/aromatic N) is 2. The molecule has 3 heteroatoms. The van der Waals surface area contributed by atoms with Gasteiger partial charge in [-0.3, -0.25) is 9.80 Å². The third-order valence-electron chi connectivity index (χ3n) is 2.44. The smallest absolute Gasteiger partial charge is 0.0809 e. The van der Waals surface area contributed by atoms with Crippen LogP contribution in [0.15, 0.2) is 12.2 Å². The Kier molecular flexibility index (Phi) is 7.23. The average molecular weight is 200 g/mol. The summed E-state index contributed by atoms with van der Waals surface area (Å²) in [5, 5.41) is 0. The second-order valence-electron chi connectivity index (χ2n) is 3.40. The summed E-state index contributed by atoms with van der Waals surface area (Å²) in [4.78, 5) is 4.72. The van der Waals surface area contributed by atoms with Gasteiger partial charge in [0.1, 0.15) is 0 Å². The first-order valence-corrected chi connectivity index (χ1v) is 6.65. The molecular formula is C10H24N2Si. The highest BCUT2D eigenvalue weighted by atomic mass is 28.1. The Morgan fingerprint density at radius 3 is 1.92 bits per heavy atom. The van der Waals surface area contributed by atoms with Crippen molar-refractivity contribution in [3.05, 3.63) is 12.2 Å². The molecule has 0 radical (unpaired) electrons. The van der Waals surface area contributed by atoms with Gasteiger partial charge in [0.15, 0.2) is 0 Å². The molecule has 0 aliphatic rings. The average Bonchev–Trinajstić information content (AvgIpc) is 2.17. The molecule has 0 unspecified atom stereocenters. The van der Waals surface area contributed by atoms with E-state index >= 15 is 0 Å². The second-order valence-corrected chi connectivity index (χ2v) is 4.21. The predicted molar refractivity (Wildman–Crippen MR) is 64.3 cm³/mol. The summed E-state index contributed by atoms with van der Waals surface area (Å²) in [6.07, 6.45) is 5.10. The fraction of sp³-hybridized carbons (Fsp3) is 0.800. The highest BCUT2D eigenvalue weighted by molar-refractivity contribution is 6.09. The van der Waals surface area contributed by atoms with Gasteiger partial charge in [-0.25, -0.2) is 0 Å². The molecule has 0 rings (SSSR count). The van der Waals surface area contributed by atoms with Crippen LogP contribution in [0.1, 0.15) is 13.8 Å². The first kappa shape index (κ1) is 12.9. The summed E-state index contributed by atoms with van der Waals surface area (Å²) in [5.74, 6) is 0. The van der Waals surface area contributed by atoms with Crippen molar-refractivity contribution in [1.29, 1.82) is 0 Å². The molecule has 0 aromatic heterocycles. The predicted octanol–water partition coefficient (Wildman–Crippen LogP) is 0.556. The number of allylic oxidation sites excluding steroid dienone is 1. The van der Waals surface area contributed by atoms with Crippen molar-refractivity contribution in [2.75, 3.05) is 27.2 Å². The van der Waals surface area contributed by atoms with E-state index in [0.717, 1.165) is 13.1 Å². The standard InChI is InChI=1S/C10H24N2Si/c1-5-11(3)10(8-7-9-13)12(4)6-2/h7-8,10H,5-6,9H2,1-4,13H3. The summed E-state index contributed by atoms with van der Waals surface area (Å²) in [5.41, 5.74) is 0. The van der Waals surface area contributed by atoms with E-state index < -0.39 is 0 Å². The van der Waals surface area contributed by atoms with Crippen molar-refractivity contribution in [3.8, 4) is 0 Å². The first-order chi connectivity index (χ1) is 6.17. The normalized spacial score (nSPS) is 12.8. The molecule has 0 N–H and O–H groups in total. The lowest BCUT2D eigenvalue weighted by molar-refractivity contribution is 0.131. The van der Waals surface area contributed by atoms with E-state index in [1.54, 1.807) is 0 Å². The monoisotopic (exact) mass is 200 g/mol. The molecule has 0 atom stereocenters. The molecule has 0 aromatic rings. The summed E-state index contributed by atoms with van der Waals surface area (Å²) in [6.45, 7) is 6.59. The van der Waals surface area contributed by atoms with Crippen LogP contribution in [0, 0.1) is 0 Å². The minimum absolute atomic E-state index is 0.476. The molecule has 78 valence electrons. The van der Waals surface area contributed by atoms with Crippen LogP contribution in [-0.2, 0) is 0 Å². The number of likely N-dealkylation sites (N-methyl/N-ethyl adjacent to an activating group) is 2. The van der Waals surface area contributed by atoms with Gasteiger partial charge in [0.05, 0.1) is 6.17 Å². The molecule has 0 heterocycles. The fourth-order valence-corrected chi connectivity index (χ4v) is 1.53. The van der Waals surface area contributed by atoms with Gasteiger partial charge in [-0.1, -0.05) is 26.0 Å². The second kappa shape index (κ2) is 7.30. The van der Waals surface area contributed by atoms with Crippen molar-refractivity contribution in [2.24, 2.45) is 0 Å². The first-order valence-electron chi connectivity index (χ1n) is 5.24.